The van der Waals surface area contributed by atoms with Gasteiger partial charge >= 0.3 is 6.03 Å². The molecule has 0 radical (unpaired) electrons. The lowest BCUT2D eigenvalue weighted by atomic mass is 10.2. The van der Waals surface area contributed by atoms with Crippen LogP contribution in [0.3, 0.4) is 0 Å². The Morgan fingerprint density at radius 3 is 2.33 bits per heavy atom. The quantitative estimate of drug-likeness (QED) is 0.773. The zero-order valence-electron chi connectivity index (χ0n) is 16.7. The van der Waals surface area contributed by atoms with Crippen LogP contribution in [0.4, 0.5) is 35.4 Å². The molecule has 2 aromatic rings. The molecule has 7 nitrogen and oxygen atoms in total. The van der Waals surface area contributed by atoms with Crippen molar-refractivity contribution in [2.24, 2.45) is 0 Å². The maximum absolute atomic E-state index is 13.8. The summed E-state index contributed by atoms with van der Waals surface area (Å²) in [6.45, 7) is 5.71. The Morgan fingerprint density at radius 1 is 0.933 bits per heavy atom. The van der Waals surface area contributed by atoms with Crippen LogP contribution in [-0.4, -0.2) is 60.2 Å². The van der Waals surface area contributed by atoms with Crippen molar-refractivity contribution in [3.05, 3.63) is 41.3 Å². The van der Waals surface area contributed by atoms with E-state index in [1.54, 1.807) is 0 Å². The van der Waals surface area contributed by atoms with E-state index < -0.39 is 23.5 Å². The monoisotopic (exact) mass is 420 g/mol. The number of anilines is 3. The first kappa shape index (κ1) is 20.2. The van der Waals surface area contributed by atoms with Crippen LogP contribution in [0.2, 0.25) is 0 Å². The molecule has 0 saturated carbocycles. The first-order valence-corrected chi connectivity index (χ1v) is 9.97. The molecule has 30 heavy (non-hydrogen) atoms. The zero-order chi connectivity index (χ0) is 21.3. The standard InChI is InChI=1S/C20H23F3N6O/c1-13-12-16(26-19(24-13)28-6-2-3-7-28)27-8-10-29(11-9-27)20(30)25-15-5-4-14(21)17(22)18(15)23/h4-5,12H,2-3,6-11H2,1H3,(H,25,30). The van der Waals surface area contributed by atoms with Crippen LogP contribution in [0, 0.1) is 24.4 Å². The highest BCUT2D eigenvalue weighted by Crippen LogP contribution is 2.23. The summed E-state index contributed by atoms with van der Waals surface area (Å²) < 4.78 is 40.2. The van der Waals surface area contributed by atoms with Gasteiger partial charge in [-0.25, -0.2) is 22.9 Å². The lowest BCUT2D eigenvalue weighted by Crippen LogP contribution is -2.50. The molecule has 160 valence electrons. The number of aryl methyl sites for hydroxylation is 1. The largest absolute Gasteiger partial charge is 0.353 e. The zero-order valence-corrected chi connectivity index (χ0v) is 16.7. The van der Waals surface area contributed by atoms with Gasteiger partial charge in [0.2, 0.25) is 5.95 Å². The number of aromatic nitrogens is 2. The predicted octanol–water partition coefficient (Wildman–Crippen LogP) is 3.16. The van der Waals surface area contributed by atoms with E-state index in [2.05, 4.69) is 20.1 Å². The molecule has 2 aliphatic heterocycles. The van der Waals surface area contributed by atoms with Crippen molar-refractivity contribution in [2.45, 2.75) is 19.8 Å². The number of urea groups is 1. The molecule has 10 heteroatoms. The number of rotatable bonds is 3. The van der Waals surface area contributed by atoms with Gasteiger partial charge < -0.3 is 20.0 Å². The minimum absolute atomic E-state index is 0.386. The second kappa shape index (κ2) is 8.37. The number of nitrogens with zero attached hydrogens (tertiary/aromatic N) is 5. The normalized spacial score (nSPS) is 16.9. The Labute approximate surface area is 172 Å². The maximum atomic E-state index is 13.8. The summed E-state index contributed by atoms with van der Waals surface area (Å²) in [6.07, 6.45) is 2.28. The van der Waals surface area contributed by atoms with Gasteiger partial charge in [0, 0.05) is 51.0 Å². The summed E-state index contributed by atoms with van der Waals surface area (Å²) in [5, 5.41) is 2.31. The summed E-state index contributed by atoms with van der Waals surface area (Å²) in [4.78, 5) is 27.4. The van der Waals surface area contributed by atoms with Crippen LogP contribution in [0.15, 0.2) is 18.2 Å². The second-order valence-corrected chi connectivity index (χ2v) is 7.49. The number of carbonyl (C=O) groups is 1. The van der Waals surface area contributed by atoms with Gasteiger partial charge in [0.25, 0.3) is 0 Å². The Hall–Kier alpha value is -3.04. The highest BCUT2D eigenvalue weighted by atomic mass is 19.2. The third-order valence-corrected chi connectivity index (χ3v) is 5.39. The summed E-state index contributed by atoms with van der Waals surface area (Å²) in [6, 6.07) is 3.15. The summed E-state index contributed by atoms with van der Waals surface area (Å²) >= 11 is 0. The van der Waals surface area contributed by atoms with E-state index in [1.807, 2.05) is 13.0 Å². The molecule has 0 aliphatic carbocycles. The molecular formula is C20H23F3N6O. The molecule has 0 bridgehead atoms. The Kier molecular flexibility index (Phi) is 5.65. The molecule has 2 fully saturated rings. The first-order chi connectivity index (χ1) is 14.4. The van der Waals surface area contributed by atoms with Crippen LogP contribution in [0.1, 0.15) is 18.5 Å². The molecule has 1 aromatic carbocycles. The number of hydrogen-bond acceptors (Lipinski definition) is 5. The first-order valence-electron chi connectivity index (χ1n) is 9.97. The molecular weight excluding hydrogens is 397 g/mol. The fraction of sp³-hybridized carbons (Fsp3) is 0.450. The Morgan fingerprint density at radius 2 is 1.63 bits per heavy atom. The Bertz CT molecular complexity index is 942. The molecule has 2 saturated heterocycles. The molecule has 2 amide bonds. The van der Waals surface area contributed by atoms with Crippen molar-refractivity contribution in [1.29, 1.82) is 0 Å². The lowest BCUT2D eigenvalue weighted by Gasteiger charge is -2.35. The third-order valence-electron chi connectivity index (χ3n) is 5.39. The van der Waals surface area contributed by atoms with Gasteiger partial charge in [-0.3, -0.25) is 0 Å². The van der Waals surface area contributed by atoms with Crippen molar-refractivity contribution in [1.82, 2.24) is 14.9 Å². The number of benzene rings is 1. The van der Waals surface area contributed by atoms with Crippen LogP contribution in [0.25, 0.3) is 0 Å². The maximum Gasteiger partial charge on any atom is 0.322 e. The highest BCUT2D eigenvalue weighted by Gasteiger charge is 2.25. The van der Waals surface area contributed by atoms with Gasteiger partial charge in [-0.1, -0.05) is 0 Å². The lowest BCUT2D eigenvalue weighted by molar-refractivity contribution is 0.208. The van der Waals surface area contributed by atoms with Crippen molar-refractivity contribution in [2.75, 3.05) is 54.4 Å². The van der Waals surface area contributed by atoms with Gasteiger partial charge in [0.1, 0.15) is 5.82 Å². The molecule has 0 unspecified atom stereocenters. The number of halogens is 3. The number of piperazine rings is 1. The number of amides is 2. The topological polar surface area (TPSA) is 64.6 Å². The third kappa shape index (κ3) is 4.12. The average Bonchev–Trinajstić information content (AvgIpc) is 3.29. The molecule has 2 aliphatic rings. The van der Waals surface area contributed by atoms with Crippen molar-refractivity contribution < 1.29 is 18.0 Å². The minimum atomic E-state index is -1.61. The molecule has 1 aromatic heterocycles. The van der Waals surface area contributed by atoms with Crippen LogP contribution >= 0.6 is 0 Å². The molecule has 1 N–H and O–H groups in total. The summed E-state index contributed by atoms with van der Waals surface area (Å²) in [5.74, 6) is -2.77. The van der Waals surface area contributed by atoms with E-state index in [-0.39, 0.29) is 5.69 Å². The summed E-state index contributed by atoms with van der Waals surface area (Å²) in [5.41, 5.74) is 0.499. The predicted molar refractivity (Wildman–Crippen MR) is 107 cm³/mol. The number of nitrogens with one attached hydrogen (secondary N) is 1. The van der Waals surface area contributed by atoms with Crippen molar-refractivity contribution in [3.8, 4) is 0 Å². The van der Waals surface area contributed by atoms with E-state index in [9.17, 15) is 18.0 Å². The second-order valence-electron chi connectivity index (χ2n) is 7.49. The molecule has 0 atom stereocenters. The van der Waals surface area contributed by atoms with Gasteiger partial charge in [-0.2, -0.15) is 4.98 Å². The minimum Gasteiger partial charge on any atom is -0.353 e. The fourth-order valence-corrected chi connectivity index (χ4v) is 3.71. The molecule has 4 rings (SSSR count). The number of carbonyl (C=O) groups excluding carboxylic acids is 1. The SMILES string of the molecule is Cc1cc(N2CCN(C(=O)Nc3ccc(F)c(F)c3F)CC2)nc(N2CCCC2)n1. The van der Waals surface area contributed by atoms with Crippen LogP contribution < -0.4 is 15.1 Å². The molecule has 0 spiro atoms. The smallest absolute Gasteiger partial charge is 0.322 e. The average molecular weight is 420 g/mol. The van der Waals surface area contributed by atoms with Gasteiger partial charge in [-0.15, -0.1) is 0 Å². The van der Waals surface area contributed by atoms with Crippen molar-refractivity contribution in [3.63, 3.8) is 0 Å². The summed E-state index contributed by atoms with van der Waals surface area (Å²) in [7, 11) is 0. The van der Waals surface area contributed by atoms with Crippen molar-refractivity contribution >= 4 is 23.5 Å². The Balaban J connectivity index is 1.39. The van der Waals surface area contributed by atoms with E-state index in [0.717, 1.165) is 55.5 Å². The van der Waals surface area contributed by atoms with E-state index in [1.165, 1.54) is 4.90 Å². The fourth-order valence-electron chi connectivity index (χ4n) is 3.71. The van der Waals surface area contributed by atoms with Gasteiger partial charge in [-0.05, 0) is 31.9 Å². The van der Waals surface area contributed by atoms with E-state index in [4.69, 9.17) is 4.98 Å². The van der Waals surface area contributed by atoms with Gasteiger partial charge in [0.15, 0.2) is 17.5 Å². The number of hydrogen-bond donors (Lipinski definition) is 1. The highest BCUT2D eigenvalue weighted by molar-refractivity contribution is 5.89. The van der Waals surface area contributed by atoms with Crippen LogP contribution in [-0.2, 0) is 0 Å². The van der Waals surface area contributed by atoms with E-state index in [0.29, 0.717) is 26.2 Å². The van der Waals surface area contributed by atoms with Gasteiger partial charge in [0.05, 0.1) is 5.69 Å². The van der Waals surface area contributed by atoms with E-state index >= 15 is 0 Å². The van der Waals surface area contributed by atoms with Crippen LogP contribution in [0.5, 0.6) is 0 Å². The molecule has 3 heterocycles.